The number of ketones is 1. The Balaban J connectivity index is 1.82. The zero-order valence-corrected chi connectivity index (χ0v) is 21.2. The fraction of sp³-hybridized carbons (Fsp3) is 0.233. The van der Waals surface area contributed by atoms with Crippen LogP contribution in [0.25, 0.3) is 5.76 Å². The number of ether oxygens (including phenoxy) is 2. The number of amides is 1. The molecule has 7 nitrogen and oxygen atoms in total. The molecule has 0 aliphatic carbocycles. The minimum Gasteiger partial charge on any atom is -0.507 e. The van der Waals surface area contributed by atoms with Gasteiger partial charge >= 0.3 is 5.97 Å². The Morgan fingerprint density at radius 2 is 1.51 bits per heavy atom. The molecule has 37 heavy (non-hydrogen) atoms. The molecular formula is C30H29NO6. The largest absolute Gasteiger partial charge is 0.507 e. The van der Waals surface area contributed by atoms with Crippen LogP contribution in [0.15, 0.2) is 84.4 Å². The first kappa shape index (κ1) is 25.7. The SMILES string of the molecule is CC(C)OC(=O)c1cccc(N2C(=O)C(=O)/C(=C(/O)c3ccc(OC(C)C)cc3)C2c2ccccc2)c1. The maximum Gasteiger partial charge on any atom is 0.338 e. The lowest BCUT2D eigenvalue weighted by Gasteiger charge is -2.25. The molecule has 0 saturated carbocycles. The number of rotatable bonds is 7. The van der Waals surface area contributed by atoms with E-state index in [1.807, 2.05) is 19.9 Å². The Morgan fingerprint density at radius 1 is 0.838 bits per heavy atom. The first-order valence-electron chi connectivity index (χ1n) is 12.1. The van der Waals surface area contributed by atoms with E-state index in [1.165, 1.54) is 11.0 Å². The summed E-state index contributed by atoms with van der Waals surface area (Å²) in [6.07, 6.45) is -0.330. The van der Waals surface area contributed by atoms with Crippen molar-refractivity contribution in [2.45, 2.75) is 45.9 Å². The van der Waals surface area contributed by atoms with E-state index >= 15 is 0 Å². The Bertz CT molecular complexity index is 1340. The van der Waals surface area contributed by atoms with E-state index in [-0.39, 0.29) is 29.1 Å². The highest BCUT2D eigenvalue weighted by Crippen LogP contribution is 2.42. The third-order valence-corrected chi connectivity index (χ3v) is 5.76. The highest BCUT2D eigenvalue weighted by molar-refractivity contribution is 6.51. The molecule has 3 aromatic carbocycles. The number of benzene rings is 3. The van der Waals surface area contributed by atoms with Gasteiger partial charge in [-0.25, -0.2) is 4.79 Å². The molecule has 1 heterocycles. The first-order chi connectivity index (χ1) is 17.7. The number of aliphatic hydroxyl groups is 1. The van der Waals surface area contributed by atoms with Crippen molar-refractivity contribution in [3.05, 3.63) is 101 Å². The van der Waals surface area contributed by atoms with Gasteiger partial charge in [-0.3, -0.25) is 14.5 Å². The second-order valence-electron chi connectivity index (χ2n) is 9.28. The van der Waals surface area contributed by atoms with Crippen molar-refractivity contribution in [2.24, 2.45) is 0 Å². The van der Waals surface area contributed by atoms with Crippen LogP contribution in [0.2, 0.25) is 0 Å². The summed E-state index contributed by atoms with van der Waals surface area (Å²) in [6.45, 7) is 7.31. The molecule has 1 N–H and O–H groups in total. The van der Waals surface area contributed by atoms with Gasteiger partial charge in [-0.2, -0.15) is 0 Å². The maximum atomic E-state index is 13.4. The molecule has 0 spiro atoms. The third kappa shape index (κ3) is 5.40. The molecule has 1 saturated heterocycles. The minimum absolute atomic E-state index is 0.0172. The minimum atomic E-state index is -0.899. The summed E-state index contributed by atoms with van der Waals surface area (Å²) in [7, 11) is 0. The predicted molar refractivity (Wildman–Crippen MR) is 140 cm³/mol. The number of nitrogens with zero attached hydrogens (tertiary/aromatic N) is 1. The molecule has 1 amide bonds. The fourth-order valence-electron chi connectivity index (χ4n) is 4.23. The highest BCUT2D eigenvalue weighted by atomic mass is 16.5. The Hall–Kier alpha value is -4.39. The van der Waals surface area contributed by atoms with Crippen molar-refractivity contribution in [2.75, 3.05) is 4.90 Å². The number of aliphatic hydroxyl groups excluding tert-OH is 1. The van der Waals surface area contributed by atoms with Crippen LogP contribution in [0.4, 0.5) is 5.69 Å². The van der Waals surface area contributed by atoms with Crippen molar-refractivity contribution < 1.29 is 29.0 Å². The zero-order chi connectivity index (χ0) is 26.7. The van der Waals surface area contributed by atoms with E-state index in [9.17, 15) is 19.5 Å². The van der Waals surface area contributed by atoms with Gasteiger partial charge in [-0.15, -0.1) is 0 Å². The molecule has 0 radical (unpaired) electrons. The fourth-order valence-corrected chi connectivity index (χ4v) is 4.23. The van der Waals surface area contributed by atoms with Crippen LogP contribution in [0.5, 0.6) is 5.75 Å². The molecular weight excluding hydrogens is 470 g/mol. The molecule has 1 fully saturated rings. The zero-order valence-electron chi connectivity index (χ0n) is 21.2. The Kier molecular flexibility index (Phi) is 7.43. The van der Waals surface area contributed by atoms with Crippen LogP contribution < -0.4 is 9.64 Å². The van der Waals surface area contributed by atoms with E-state index in [1.54, 1.807) is 80.6 Å². The van der Waals surface area contributed by atoms with Gasteiger partial charge in [-0.05, 0) is 75.7 Å². The molecule has 190 valence electrons. The molecule has 0 aromatic heterocycles. The predicted octanol–water partition coefficient (Wildman–Crippen LogP) is 5.67. The number of hydrogen-bond donors (Lipinski definition) is 1. The summed E-state index contributed by atoms with van der Waals surface area (Å²) in [6, 6.07) is 21.2. The smallest absolute Gasteiger partial charge is 0.338 e. The normalized spacial score (nSPS) is 16.9. The molecule has 0 bridgehead atoms. The van der Waals surface area contributed by atoms with E-state index in [0.29, 0.717) is 22.6 Å². The van der Waals surface area contributed by atoms with Gasteiger partial charge in [0, 0.05) is 11.3 Å². The van der Waals surface area contributed by atoms with Crippen molar-refractivity contribution in [3.8, 4) is 5.75 Å². The van der Waals surface area contributed by atoms with E-state index in [4.69, 9.17) is 9.47 Å². The van der Waals surface area contributed by atoms with Gasteiger partial charge in [0.05, 0.1) is 29.4 Å². The quantitative estimate of drug-likeness (QED) is 0.195. The molecule has 1 unspecified atom stereocenters. The van der Waals surface area contributed by atoms with Crippen molar-refractivity contribution in [1.29, 1.82) is 0 Å². The summed E-state index contributed by atoms with van der Waals surface area (Å²) in [5, 5.41) is 11.3. The standard InChI is InChI=1S/C30H29NO6/c1-18(2)36-24-15-13-21(14-16-24)27(32)25-26(20-9-6-5-7-10-20)31(29(34)28(25)33)23-12-8-11-22(17-23)30(35)37-19(3)4/h5-19,26,32H,1-4H3/b27-25+. The van der Waals surface area contributed by atoms with Crippen molar-refractivity contribution in [3.63, 3.8) is 0 Å². The van der Waals surface area contributed by atoms with Gasteiger partial charge in [0.15, 0.2) is 0 Å². The van der Waals surface area contributed by atoms with Crippen LogP contribution >= 0.6 is 0 Å². The molecule has 3 aromatic rings. The molecule has 1 atom stereocenters. The Morgan fingerprint density at radius 3 is 2.14 bits per heavy atom. The number of anilines is 1. The number of carbonyl (C=O) groups is 3. The van der Waals surface area contributed by atoms with Crippen molar-refractivity contribution in [1.82, 2.24) is 0 Å². The molecule has 1 aliphatic heterocycles. The van der Waals surface area contributed by atoms with Gasteiger partial charge in [0.25, 0.3) is 11.7 Å². The molecule has 4 rings (SSSR count). The lowest BCUT2D eigenvalue weighted by atomic mass is 9.95. The van der Waals surface area contributed by atoms with Gasteiger partial charge in [0.1, 0.15) is 11.5 Å². The van der Waals surface area contributed by atoms with Crippen LogP contribution in [0.3, 0.4) is 0 Å². The second kappa shape index (κ2) is 10.7. The number of hydrogen-bond acceptors (Lipinski definition) is 6. The van der Waals surface area contributed by atoms with E-state index < -0.39 is 23.7 Å². The number of Topliss-reactive ketones (excluding diaryl/α,β-unsaturated/α-hetero) is 1. The van der Waals surface area contributed by atoms with Gasteiger partial charge < -0.3 is 14.6 Å². The number of esters is 1. The average molecular weight is 500 g/mol. The monoisotopic (exact) mass is 499 g/mol. The average Bonchev–Trinajstić information content (AvgIpc) is 3.14. The topological polar surface area (TPSA) is 93.1 Å². The summed E-state index contributed by atoms with van der Waals surface area (Å²) in [5.74, 6) is -1.82. The van der Waals surface area contributed by atoms with Crippen molar-refractivity contribution >= 4 is 29.1 Å². The second-order valence-corrected chi connectivity index (χ2v) is 9.28. The summed E-state index contributed by atoms with van der Waals surface area (Å²) in [4.78, 5) is 40.5. The Labute approximate surface area is 215 Å². The summed E-state index contributed by atoms with van der Waals surface area (Å²) < 4.78 is 11.0. The van der Waals surface area contributed by atoms with Crippen LogP contribution in [0, 0.1) is 0 Å². The lowest BCUT2D eigenvalue weighted by molar-refractivity contribution is -0.132. The van der Waals surface area contributed by atoms with E-state index in [0.717, 1.165) is 0 Å². The van der Waals surface area contributed by atoms with E-state index in [2.05, 4.69) is 0 Å². The van der Waals surface area contributed by atoms with Gasteiger partial charge in [-0.1, -0.05) is 36.4 Å². The summed E-state index contributed by atoms with van der Waals surface area (Å²) >= 11 is 0. The molecule has 1 aliphatic rings. The third-order valence-electron chi connectivity index (χ3n) is 5.76. The first-order valence-corrected chi connectivity index (χ1v) is 12.1. The van der Waals surface area contributed by atoms with Crippen LogP contribution in [-0.2, 0) is 14.3 Å². The lowest BCUT2D eigenvalue weighted by Crippen LogP contribution is -2.29. The van der Waals surface area contributed by atoms with Crippen LogP contribution in [0.1, 0.15) is 55.2 Å². The molecule has 7 heteroatoms. The van der Waals surface area contributed by atoms with Gasteiger partial charge in [0.2, 0.25) is 0 Å². The summed E-state index contributed by atoms with van der Waals surface area (Å²) in [5.41, 5.74) is 1.57. The highest BCUT2D eigenvalue weighted by Gasteiger charge is 2.47. The number of carbonyl (C=O) groups excluding carboxylic acids is 3. The maximum absolute atomic E-state index is 13.4. The van der Waals surface area contributed by atoms with Crippen LogP contribution in [-0.4, -0.2) is 35.0 Å².